The van der Waals surface area contributed by atoms with Crippen LogP contribution in [0.15, 0.2) is 12.1 Å². The lowest BCUT2D eigenvalue weighted by Gasteiger charge is -2.15. The molecule has 1 aromatic carbocycles. The highest BCUT2D eigenvalue weighted by Gasteiger charge is 2.15. The van der Waals surface area contributed by atoms with Gasteiger partial charge in [0, 0.05) is 23.7 Å². The number of hydrogen-bond donors (Lipinski definition) is 1. The lowest BCUT2D eigenvalue weighted by Crippen LogP contribution is -2.12. The molecule has 1 rings (SSSR count). The molecule has 0 aliphatic rings. The molecular formula is C12H18FNO3. The zero-order valence-electron chi connectivity index (χ0n) is 10.5. The molecule has 0 aromatic heterocycles. The number of hydroxylamine groups is 1. The van der Waals surface area contributed by atoms with Crippen molar-refractivity contribution in [2.75, 3.05) is 21.3 Å². The first-order valence-electron chi connectivity index (χ1n) is 5.28. The van der Waals surface area contributed by atoms with Crippen LogP contribution < -0.4 is 15.0 Å². The molecule has 1 atom stereocenters. The molecule has 0 amide bonds. The Morgan fingerprint density at radius 1 is 1.18 bits per heavy atom. The molecule has 4 nitrogen and oxygen atoms in total. The van der Waals surface area contributed by atoms with E-state index in [-0.39, 0.29) is 0 Å². The first kappa shape index (κ1) is 13.7. The van der Waals surface area contributed by atoms with E-state index in [1.165, 1.54) is 21.1 Å². The topological polar surface area (TPSA) is 39.7 Å². The van der Waals surface area contributed by atoms with E-state index >= 15 is 0 Å². The molecule has 0 radical (unpaired) electrons. The SMILES string of the molecule is CONCc1cc(C(C)F)c(OC)cc1OC. The number of alkyl halides is 1. The lowest BCUT2D eigenvalue weighted by molar-refractivity contribution is 0.0860. The van der Waals surface area contributed by atoms with Gasteiger partial charge in [0.2, 0.25) is 0 Å². The predicted octanol–water partition coefficient (Wildman–Crippen LogP) is 2.39. The van der Waals surface area contributed by atoms with Gasteiger partial charge >= 0.3 is 0 Å². The lowest BCUT2D eigenvalue weighted by atomic mass is 10.1. The molecule has 0 aliphatic carbocycles. The van der Waals surface area contributed by atoms with Crippen molar-refractivity contribution in [1.82, 2.24) is 5.48 Å². The summed E-state index contributed by atoms with van der Waals surface area (Å²) in [5.41, 5.74) is 4.02. The van der Waals surface area contributed by atoms with Gasteiger partial charge in [0.15, 0.2) is 0 Å². The smallest absolute Gasteiger partial charge is 0.128 e. The van der Waals surface area contributed by atoms with Crippen molar-refractivity contribution in [3.05, 3.63) is 23.3 Å². The van der Waals surface area contributed by atoms with E-state index in [4.69, 9.17) is 14.3 Å². The van der Waals surface area contributed by atoms with E-state index in [1.807, 2.05) is 0 Å². The zero-order valence-corrected chi connectivity index (χ0v) is 10.5. The molecule has 0 saturated carbocycles. The van der Waals surface area contributed by atoms with Crippen LogP contribution >= 0.6 is 0 Å². The maximum Gasteiger partial charge on any atom is 0.128 e. The summed E-state index contributed by atoms with van der Waals surface area (Å²) in [7, 11) is 4.59. The number of halogens is 1. The van der Waals surface area contributed by atoms with Gasteiger partial charge in [-0.2, -0.15) is 5.48 Å². The second-order valence-corrected chi connectivity index (χ2v) is 3.55. The Bertz CT molecular complexity index is 369. The minimum absolute atomic E-state index is 0.434. The monoisotopic (exact) mass is 243 g/mol. The van der Waals surface area contributed by atoms with Crippen LogP contribution in [0.2, 0.25) is 0 Å². The average molecular weight is 243 g/mol. The van der Waals surface area contributed by atoms with Gasteiger partial charge in [-0.25, -0.2) is 4.39 Å². The summed E-state index contributed by atoms with van der Waals surface area (Å²) >= 11 is 0. The molecule has 17 heavy (non-hydrogen) atoms. The third-order valence-electron chi connectivity index (χ3n) is 2.47. The molecule has 0 saturated heterocycles. The summed E-state index contributed by atoms with van der Waals surface area (Å²) in [4.78, 5) is 4.77. The summed E-state index contributed by atoms with van der Waals surface area (Å²) in [6, 6.07) is 3.40. The Kier molecular flexibility index (Phi) is 5.18. The van der Waals surface area contributed by atoms with Crippen molar-refractivity contribution in [3.63, 3.8) is 0 Å². The summed E-state index contributed by atoms with van der Waals surface area (Å²) in [6.07, 6.45) is -1.10. The van der Waals surface area contributed by atoms with E-state index < -0.39 is 6.17 Å². The number of methoxy groups -OCH3 is 2. The van der Waals surface area contributed by atoms with E-state index in [9.17, 15) is 4.39 Å². The normalized spacial score (nSPS) is 12.3. The van der Waals surface area contributed by atoms with Crippen LogP contribution in [0, 0.1) is 0 Å². The van der Waals surface area contributed by atoms with Gasteiger partial charge in [-0.15, -0.1) is 0 Å². The van der Waals surface area contributed by atoms with Gasteiger partial charge in [-0.1, -0.05) is 0 Å². The largest absolute Gasteiger partial charge is 0.496 e. The van der Waals surface area contributed by atoms with E-state index in [0.29, 0.717) is 23.6 Å². The molecule has 0 heterocycles. The van der Waals surface area contributed by atoms with Crippen LogP contribution in [-0.4, -0.2) is 21.3 Å². The highest BCUT2D eigenvalue weighted by Crippen LogP contribution is 2.34. The fraction of sp³-hybridized carbons (Fsp3) is 0.500. The standard InChI is InChI=1S/C12H18FNO3/c1-8(13)10-5-9(7-14-17-4)11(15-2)6-12(10)16-3/h5-6,8,14H,7H2,1-4H3. The number of hydrogen-bond acceptors (Lipinski definition) is 4. The van der Waals surface area contributed by atoms with Gasteiger partial charge in [0.05, 0.1) is 21.3 Å². The molecule has 1 unspecified atom stereocenters. The van der Waals surface area contributed by atoms with Crippen molar-refractivity contribution in [2.24, 2.45) is 0 Å². The van der Waals surface area contributed by atoms with Gasteiger partial charge in [0.25, 0.3) is 0 Å². The quantitative estimate of drug-likeness (QED) is 0.779. The van der Waals surface area contributed by atoms with Crippen LogP contribution in [0.4, 0.5) is 4.39 Å². The van der Waals surface area contributed by atoms with Crippen LogP contribution in [0.5, 0.6) is 11.5 Å². The predicted molar refractivity (Wildman–Crippen MR) is 62.9 cm³/mol. The van der Waals surface area contributed by atoms with Crippen molar-refractivity contribution >= 4 is 0 Å². The van der Waals surface area contributed by atoms with Gasteiger partial charge in [-0.3, -0.25) is 0 Å². The number of benzene rings is 1. The van der Waals surface area contributed by atoms with Gasteiger partial charge in [0.1, 0.15) is 17.7 Å². The molecule has 1 N–H and O–H groups in total. The van der Waals surface area contributed by atoms with Gasteiger partial charge in [-0.05, 0) is 13.0 Å². The van der Waals surface area contributed by atoms with Crippen LogP contribution in [0.1, 0.15) is 24.2 Å². The summed E-state index contributed by atoms with van der Waals surface area (Å²) in [6.45, 7) is 1.90. The fourth-order valence-electron chi connectivity index (χ4n) is 1.59. The van der Waals surface area contributed by atoms with Crippen LogP contribution in [-0.2, 0) is 11.4 Å². The Morgan fingerprint density at radius 2 is 1.82 bits per heavy atom. The first-order valence-corrected chi connectivity index (χ1v) is 5.28. The number of ether oxygens (including phenoxy) is 2. The third kappa shape index (κ3) is 3.31. The zero-order chi connectivity index (χ0) is 12.8. The van der Waals surface area contributed by atoms with Crippen molar-refractivity contribution in [3.8, 4) is 11.5 Å². The Morgan fingerprint density at radius 3 is 2.29 bits per heavy atom. The maximum atomic E-state index is 13.4. The Balaban J connectivity index is 3.14. The second-order valence-electron chi connectivity index (χ2n) is 3.55. The van der Waals surface area contributed by atoms with Gasteiger partial charge < -0.3 is 14.3 Å². The third-order valence-corrected chi connectivity index (χ3v) is 2.47. The number of rotatable bonds is 6. The van der Waals surface area contributed by atoms with E-state index in [1.54, 1.807) is 19.2 Å². The molecule has 0 fully saturated rings. The molecular weight excluding hydrogens is 225 g/mol. The van der Waals surface area contributed by atoms with E-state index in [0.717, 1.165) is 5.56 Å². The molecule has 0 spiro atoms. The molecule has 96 valence electrons. The molecule has 5 heteroatoms. The molecule has 1 aromatic rings. The van der Waals surface area contributed by atoms with Crippen molar-refractivity contribution < 1.29 is 18.7 Å². The minimum Gasteiger partial charge on any atom is -0.496 e. The number of nitrogens with one attached hydrogen (secondary N) is 1. The first-order chi connectivity index (χ1) is 8.13. The Labute approximate surface area is 101 Å². The van der Waals surface area contributed by atoms with Crippen molar-refractivity contribution in [1.29, 1.82) is 0 Å². The highest BCUT2D eigenvalue weighted by molar-refractivity contribution is 5.47. The summed E-state index contributed by atoms with van der Waals surface area (Å²) in [5, 5.41) is 0. The minimum atomic E-state index is -1.10. The van der Waals surface area contributed by atoms with E-state index in [2.05, 4.69) is 5.48 Å². The molecule has 0 aliphatic heterocycles. The summed E-state index contributed by atoms with van der Waals surface area (Å²) < 4.78 is 23.8. The average Bonchev–Trinajstić information content (AvgIpc) is 2.34. The second kappa shape index (κ2) is 6.42. The molecule has 0 bridgehead atoms. The summed E-state index contributed by atoms with van der Waals surface area (Å²) in [5.74, 6) is 1.12. The van der Waals surface area contributed by atoms with Crippen molar-refractivity contribution in [2.45, 2.75) is 19.6 Å². The van der Waals surface area contributed by atoms with Crippen LogP contribution in [0.25, 0.3) is 0 Å². The fourth-order valence-corrected chi connectivity index (χ4v) is 1.59. The van der Waals surface area contributed by atoms with Crippen LogP contribution in [0.3, 0.4) is 0 Å². The maximum absolute atomic E-state index is 13.4. The highest BCUT2D eigenvalue weighted by atomic mass is 19.1. The Hall–Kier alpha value is -1.33.